The van der Waals surface area contributed by atoms with E-state index in [1.807, 2.05) is 11.9 Å². The highest BCUT2D eigenvalue weighted by atomic mass is 16.3. The van der Waals surface area contributed by atoms with E-state index >= 15 is 0 Å². The van der Waals surface area contributed by atoms with Crippen molar-refractivity contribution in [3.05, 3.63) is 0 Å². The second-order valence-electron chi connectivity index (χ2n) is 4.50. The first kappa shape index (κ1) is 13.5. The Kier molecular flexibility index (Phi) is 5.77. The number of aliphatic hydroxyl groups is 1. The van der Waals surface area contributed by atoms with E-state index in [4.69, 9.17) is 5.11 Å². The lowest BCUT2D eigenvalue weighted by Crippen LogP contribution is -2.45. The van der Waals surface area contributed by atoms with Crippen molar-refractivity contribution in [3.63, 3.8) is 0 Å². The van der Waals surface area contributed by atoms with E-state index in [0.717, 1.165) is 32.5 Å². The number of piperidine rings is 1. The molecule has 4 nitrogen and oxygen atoms in total. The van der Waals surface area contributed by atoms with Crippen molar-refractivity contribution in [3.8, 4) is 0 Å². The highest BCUT2D eigenvalue weighted by Crippen LogP contribution is 2.16. The average Bonchev–Trinajstić information content (AvgIpc) is 2.35. The largest absolute Gasteiger partial charge is 0.396 e. The zero-order valence-corrected chi connectivity index (χ0v) is 10.5. The molecule has 0 spiro atoms. The number of likely N-dealkylation sites (tertiary alicyclic amines) is 1. The molecule has 4 heteroatoms. The zero-order chi connectivity index (χ0) is 12.0. The molecule has 0 aromatic rings. The summed E-state index contributed by atoms with van der Waals surface area (Å²) in [6.45, 7) is 5.58. The second kappa shape index (κ2) is 6.86. The highest BCUT2D eigenvalue weighted by molar-refractivity contribution is 5.76. The second-order valence-corrected chi connectivity index (χ2v) is 4.50. The molecule has 0 saturated carbocycles. The number of carbonyl (C=O) groups excluding carboxylic acids is 1. The van der Waals surface area contributed by atoms with Gasteiger partial charge in [-0.2, -0.15) is 0 Å². The smallest absolute Gasteiger partial charge is 0.222 e. The molecule has 1 aliphatic heterocycles. The Bertz CT molecular complexity index is 213. The number of hydrogen-bond acceptors (Lipinski definition) is 3. The minimum atomic E-state index is 0.105. The normalized spacial score (nSPS) is 18.7. The molecular formula is C12H24N2O2. The van der Waals surface area contributed by atoms with Gasteiger partial charge in [-0.05, 0) is 25.8 Å². The van der Waals surface area contributed by atoms with E-state index in [9.17, 15) is 4.79 Å². The molecule has 0 aliphatic carbocycles. The van der Waals surface area contributed by atoms with Crippen LogP contribution < -0.4 is 0 Å². The predicted octanol–water partition coefficient (Wildman–Crippen LogP) is 0.702. The summed E-state index contributed by atoms with van der Waals surface area (Å²) in [5.41, 5.74) is 0. The van der Waals surface area contributed by atoms with Crippen molar-refractivity contribution >= 4 is 5.91 Å². The maximum Gasteiger partial charge on any atom is 0.222 e. The first-order chi connectivity index (χ1) is 7.69. The zero-order valence-electron chi connectivity index (χ0n) is 10.5. The average molecular weight is 228 g/mol. The number of rotatable bonds is 5. The SMILES string of the molecule is CCN1CCC(N(C)C(=O)CCCO)CC1. The number of nitrogens with zero attached hydrogens (tertiary/aromatic N) is 2. The van der Waals surface area contributed by atoms with Gasteiger partial charge in [0.2, 0.25) is 5.91 Å². The van der Waals surface area contributed by atoms with Crippen molar-refractivity contribution in [2.45, 2.75) is 38.6 Å². The number of amides is 1. The molecule has 0 bridgehead atoms. The molecule has 0 atom stereocenters. The molecule has 1 heterocycles. The van der Waals surface area contributed by atoms with E-state index < -0.39 is 0 Å². The minimum Gasteiger partial charge on any atom is -0.396 e. The van der Waals surface area contributed by atoms with Crippen molar-refractivity contribution in [2.75, 3.05) is 33.3 Å². The maximum absolute atomic E-state index is 11.8. The standard InChI is InChI=1S/C12H24N2O2/c1-3-14-8-6-11(7-9-14)13(2)12(16)5-4-10-15/h11,15H,3-10H2,1-2H3. The summed E-state index contributed by atoms with van der Waals surface area (Å²) in [5.74, 6) is 0.170. The fraction of sp³-hybridized carbons (Fsp3) is 0.917. The van der Waals surface area contributed by atoms with Crippen LogP contribution in [0.4, 0.5) is 0 Å². The molecule has 1 amide bonds. The first-order valence-corrected chi connectivity index (χ1v) is 6.28. The van der Waals surface area contributed by atoms with Crippen LogP contribution in [0.25, 0.3) is 0 Å². The maximum atomic E-state index is 11.8. The van der Waals surface area contributed by atoms with E-state index in [1.165, 1.54) is 0 Å². The molecule has 1 aliphatic rings. The van der Waals surface area contributed by atoms with Crippen LogP contribution in [0.15, 0.2) is 0 Å². The summed E-state index contributed by atoms with van der Waals surface area (Å²) in [4.78, 5) is 16.1. The van der Waals surface area contributed by atoms with Crippen molar-refractivity contribution in [1.29, 1.82) is 0 Å². The van der Waals surface area contributed by atoms with Gasteiger partial charge in [0.25, 0.3) is 0 Å². The molecule has 1 N–H and O–H groups in total. The molecule has 16 heavy (non-hydrogen) atoms. The van der Waals surface area contributed by atoms with Crippen molar-refractivity contribution in [1.82, 2.24) is 9.80 Å². The van der Waals surface area contributed by atoms with E-state index in [-0.39, 0.29) is 12.5 Å². The first-order valence-electron chi connectivity index (χ1n) is 6.28. The molecule has 94 valence electrons. The number of carbonyl (C=O) groups is 1. The van der Waals surface area contributed by atoms with Crippen LogP contribution in [-0.4, -0.2) is 60.1 Å². The Balaban J connectivity index is 2.32. The lowest BCUT2D eigenvalue weighted by atomic mass is 10.0. The van der Waals surface area contributed by atoms with E-state index in [1.54, 1.807) is 0 Å². The van der Waals surface area contributed by atoms with Gasteiger partial charge in [-0.3, -0.25) is 4.79 Å². The van der Waals surface area contributed by atoms with Crippen LogP contribution in [0.5, 0.6) is 0 Å². The molecule has 0 aromatic carbocycles. The lowest BCUT2D eigenvalue weighted by Gasteiger charge is -2.36. The fourth-order valence-electron chi connectivity index (χ4n) is 2.23. The van der Waals surface area contributed by atoms with Gasteiger partial charge >= 0.3 is 0 Å². The summed E-state index contributed by atoms with van der Waals surface area (Å²) >= 11 is 0. The third kappa shape index (κ3) is 3.76. The number of hydrogen-bond donors (Lipinski definition) is 1. The summed E-state index contributed by atoms with van der Waals surface area (Å²) < 4.78 is 0. The highest BCUT2D eigenvalue weighted by Gasteiger charge is 2.24. The molecule has 0 aromatic heterocycles. The van der Waals surface area contributed by atoms with Gasteiger partial charge in [-0.25, -0.2) is 0 Å². The van der Waals surface area contributed by atoms with Gasteiger partial charge in [0.1, 0.15) is 0 Å². The quantitative estimate of drug-likeness (QED) is 0.753. The third-order valence-electron chi connectivity index (χ3n) is 3.49. The van der Waals surface area contributed by atoms with Gasteiger partial charge in [0.15, 0.2) is 0 Å². The molecule has 1 fully saturated rings. The third-order valence-corrected chi connectivity index (χ3v) is 3.49. The van der Waals surface area contributed by atoms with Gasteiger partial charge in [0.05, 0.1) is 0 Å². The Hall–Kier alpha value is -0.610. The van der Waals surface area contributed by atoms with Crippen molar-refractivity contribution < 1.29 is 9.90 Å². The summed E-state index contributed by atoms with van der Waals surface area (Å²) in [5, 5.41) is 8.70. The Morgan fingerprint density at radius 1 is 1.44 bits per heavy atom. The Morgan fingerprint density at radius 3 is 2.56 bits per heavy atom. The van der Waals surface area contributed by atoms with Crippen molar-refractivity contribution in [2.24, 2.45) is 0 Å². The van der Waals surface area contributed by atoms with Crippen LogP contribution >= 0.6 is 0 Å². The van der Waals surface area contributed by atoms with Gasteiger partial charge < -0.3 is 14.9 Å². The van der Waals surface area contributed by atoms with Gasteiger partial charge in [-0.15, -0.1) is 0 Å². The van der Waals surface area contributed by atoms with Crippen LogP contribution in [0.1, 0.15) is 32.6 Å². The topological polar surface area (TPSA) is 43.8 Å². The van der Waals surface area contributed by atoms with Crippen LogP contribution in [0.3, 0.4) is 0 Å². The molecule has 1 saturated heterocycles. The molecule has 0 radical (unpaired) electrons. The Morgan fingerprint density at radius 2 is 2.06 bits per heavy atom. The van der Waals surface area contributed by atoms with E-state index in [0.29, 0.717) is 18.9 Å². The lowest BCUT2D eigenvalue weighted by molar-refractivity contribution is -0.133. The summed E-state index contributed by atoms with van der Waals surface area (Å²) in [6.07, 6.45) is 3.21. The van der Waals surface area contributed by atoms with E-state index in [2.05, 4.69) is 11.8 Å². The minimum absolute atomic E-state index is 0.105. The molecule has 1 rings (SSSR count). The molecule has 0 unspecified atom stereocenters. The summed E-state index contributed by atoms with van der Waals surface area (Å²) in [7, 11) is 1.89. The Labute approximate surface area is 98.2 Å². The van der Waals surface area contributed by atoms with Crippen LogP contribution in [0.2, 0.25) is 0 Å². The van der Waals surface area contributed by atoms with Gasteiger partial charge in [0, 0.05) is 39.2 Å². The van der Waals surface area contributed by atoms with Crippen LogP contribution in [-0.2, 0) is 4.79 Å². The molecular weight excluding hydrogens is 204 g/mol. The number of aliphatic hydroxyl groups excluding tert-OH is 1. The predicted molar refractivity (Wildman–Crippen MR) is 64.2 cm³/mol. The fourth-order valence-corrected chi connectivity index (χ4v) is 2.23. The van der Waals surface area contributed by atoms with Gasteiger partial charge in [-0.1, -0.05) is 6.92 Å². The monoisotopic (exact) mass is 228 g/mol. The summed E-state index contributed by atoms with van der Waals surface area (Å²) in [6, 6.07) is 0.397. The van der Waals surface area contributed by atoms with Crippen LogP contribution in [0, 0.1) is 0 Å².